The third kappa shape index (κ3) is 3.81. The van der Waals surface area contributed by atoms with Crippen molar-refractivity contribution >= 4 is 28.6 Å². The van der Waals surface area contributed by atoms with E-state index in [2.05, 4.69) is 9.97 Å². The molecule has 3 heterocycles. The van der Waals surface area contributed by atoms with Crippen LogP contribution in [0.15, 0.2) is 24.5 Å². The molecule has 1 aromatic heterocycles. The number of fused-ring (bicyclic) bond motifs is 3. The Kier molecular flexibility index (Phi) is 4.62. The fraction of sp³-hybridized carbons (Fsp3) is 0.550. The molecule has 0 N–H and O–H groups in total. The fourth-order valence-corrected chi connectivity index (χ4v) is 4.30. The zero-order valence-corrected chi connectivity index (χ0v) is 16.6. The van der Waals surface area contributed by atoms with Gasteiger partial charge in [0.05, 0.1) is 5.52 Å². The third-order valence-electron chi connectivity index (χ3n) is 5.16. The second-order valence-electron chi connectivity index (χ2n) is 8.33. The van der Waals surface area contributed by atoms with Gasteiger partial charge in [-0.2, -0.15) is 0 Å². The Balaban J connectivity index is 1.46. The molecule has 144 valence electrons. The standard InChI is InChI=1S/C20H24ClN3O3/c1-20(2,3)27-19(25)24-12-4-5-13(24)9-15(8-12)26-14-6-7-17-16(10-14)18(21)23-11-22-17/h6-7,10-13,15H,4-5,8-9H2,1-3H3/t12-,13+,15?. The van der Waals surface area contributed by atoms with Crippen LogP contribution < -0.4 is 4.74 Å². The minimum Gasteiger partial charge on any atom is -0.490 e. The van der Waals surface area contributed by atoms with Gasteiger partial charge in [0.2, 0.25) is 0 Å². The summed E-state index contributed by atoms with van der Waals surface area (Å²) in [6.45, 7) is 5.70. The number of benzene rings is 1. The van der Waals surface area contributed by atoms with E-state index in [-0.39, 0.29) is 24.3 Å². The summed E-state index contributed by atoms with van der Waals surface area (Å²) in [5, 5.41) is 1.20. The van der Waals surface area contributed by atoms with Crippen LogP contribution >= 0.6 is 11.6 Å². The highest BCUT2D eigenvalue weighted by atomic mass is 35.5. The van der Waals surface area contributed by atoms with Crippen molar-refractivity contribution in [2.45, 2.75) is 70.2 Å². The van der Waals surface area contributed by atoms with E-state index in [1.165, 1.54) is 6.33 Å². The van der Waals surface area contributed by atoms with E-state index in [9.17, 15) is 4.79 Å². The third-order valence-corrected chi connectivity index (χ3v) is 5.46. The van der Waals surface area contributed by atoms with E-state index in [4.69, 9.17) is 21.1 Å². The number of nitrogens with zero attached hydrogens (tertiary/aromatic N) is 3. The lowest BCUT2D eigenvalue weighted by Crippen LogP contribution is -2.50. The predicted molar refractivity (Wildman–Crippen MR) is 103 cm³/mol. The van der Waals surface area contributed by atoms with Crippen molar-refractivity contribution < 1.29 is 14.3 Å². The number of aromatic nitrogens is 2. The molecule has 27 heavy (non-hydrogen) atoms. The first-order valence-electron chi connectivity index (χ1n) is 9.38. The van der Waals surface area contributed by atoms with Crippen LogP contribution in [0, 0.1) is 0 Å². The number of carbonyl (C=O) groups is 1. The van der Waals surface area contributed by atoms with Crippen LogP contribution in [0.5, 0.6) is 5.75 Å². The van der Waals surface area contributed by atoms with Gasteiger partial charge in [-0.25, -0.2) is 14.8 Å². The normalized spacial score (nSPS) is 24.9. The van der Waals surface area contributed by atoms with Crippen LogP contribution in [0.4, 0.5) is 4.79 Å². The summed E-state index contributed by atoms with van der Waals surface area (Å²) in [5.41, 5.74) is 0.318. The van der Waals surface area contributed by atoms with Crippen molar-refractivity contribution in [3.63, 3.8) is 0 Å². The lowest BCUT2D eigenvalue weighted by atomic mass is 10.00. The van der Waals surface area contributed by atoms with Gasteiger partial charge in [-0.1, -0.05) is 11.6 Å². The van der Waals surface area contributed by atoms with Crippen LogP contribution in [0.3, 0.4) is 0 Å². The van der Waals surface area contributed by atoms with Crippen molar-refractivity contribution in [3.8, 4) is 5.75 Å². The zero-order chi connectivity index (χ0) is 19.2. The van der Waals surface area contributed by atoms with Crippen LogP contribution in [-0.2, 0) is 4.74 Å². The lowest BCUT2D eigenvalue weighted by molar-refractivity contribution is -0.00705. The number of rotatable bonds is 2. The second kappa shape index (κ2) is 6.82. The molecule has 0 spiro atoms. The molecule has 2 aromatic rings. The average molecular weight is 390 g/mol. The molecule has 1 aromatic carbocycles. The van der Waals surface area contributed by atoms with Crippen LogP contribution in [0.1, 0.15) is 46.5 Å². The molecule has 2 saturated heterocycles. The molecule has 2 aliphatic heterocycles. The van der Waals surface area contributed by atoms with E-state index >= 15 is 0 Å². The molecular formula is C20H24ClN3O3. The van der Waals surface area contributed by atoms with Gasteiger partial charge in [0.15, 0.2) is 0 Å². The smallest absolute Gasteiger partial charge is 0.410 e. The Morgan fingerprint density at radius 1 is 1.19 bits per heavy atom. The molecule has 2 bridgehead atoms. The first kappa shape index (κ1) is 18.3. The molecule has 0 radical (unpaired) electrons. The van der Waals surface area contributed by atoms with Gasteiger partial charge >= 0.3 is 6.09 Å². The number of halogens is 1. The van der Waals surface area contributed by atoms with Gasteiger partial charge in [-0.15, -0.1) is 0 Å². The first-order valence-corrected chi connectivity index (χ1v) is 9.76. The first-order chi connectivity index (χ1) is 12.8. The molecule has 0 aliphatic carbocycles. The molecule has 6 nitrogen and oxygen atoms in total. The maximum Gasteiger partial charge on any atom is 0.410 e. The molecule has 2 fully saturated rings. The van der Waals surface area contributed by atoms with E-state index in [1.807, 2.05) is 43.9 Å². The monoisotopic (exact) mass is 389 g/mol. The van der Waals surface area contributed by atoms with Crippen LogP contribution in [0.25, 0.3) is 10.9 Å². The SMILES string of the molecule is CC(C)(C)OC(=O)N1[C@@H]2CC[C@H]1CC(Oc1ccc3ncnc(Cl)c3c1)C2. The Hall–Kier alpha value is -2.08. The topological polar surface area (TPSA) is 64.5 Å². The van der Waals surface area contributed by atoms with Gasteiger partial charge in [0.25, 0.3) is 0 Å². The summed E-state index contributed by atoms with van der Waals surface area (Å²) in [6, 6.07) is 6.04. The highest BCUT2D eigenvalue weighted by Crippen LogP contribution is 2.38. The largest absolute Gasteiger partial charge is 0.490 e. The Bertz CT molecular complexity index is 853. The second-order valence-corrected chi connectivity index (χ2v) is 8.69. The minimum absolute atomic E-state index is 0.0713. The highest BCUT2D eigenvalue weighted by molar-refractivity contribution is 6.34. The molecule has 2 aliphatic rings. The van der Waals surface area contributed by atoms with E-state index in [0.717, 1.165) is 42.3 Å². The van der Waals surface area contributed by atoms with Crippen LogP contribution in [0.2, 0.25) is 5.15 Å². The maximum atomic E-state index is 12.6. The molecule has 1 unspecified atom stereocenters. The van der Waals surface area contributed by atoms with Gasteiger partial charge in [0.1, 0.15) is 28.9 Å². The predicted octanol–water partition coefficient (Wildman–Crippen LogP) is 4.59. The molecule has 7 heteroatoms. The molecule has 0 saturated carbocycles. The number of hydrogen-bond donors (Lipinski definition) is 0. The molecule has 1 amide bonds. The summed E-state index contributed by atoms with van der Waals surface area (Å²) in [6.07, 6.45) is 4.95. The summed E-state index contributed by atoms with van der Waals surface area (Å²) in [7, 11) is 0. The van der Waals surface area contributed by atoms with E-state index in [1.54, 1.807) is 0 Å². The van der Waals surface area contributed by atoms with Crippen molar-refractivity contribution in [2.75, 3.05) is 0 Å². The maximum absolute atomic E-state index is 12.6. The van der Waals surface area contributed by atoms with Gasteiger partial charge < -0.3 is 14.4 Å². The summed E-state index contributed by atoms with van der Waals surface area (Å²) in [4.78, 5) is 22.7. The molecule has 4 rings (SSSR count). The van der Waals surface area contributed by atoms with Crippen molar-refractivity contribution in [1.29, 1.82) is 0 Å². The zero-order valence-electron chi connectivity index (χ0n) is 15.8. The number of piperidine rings is 1. The average Bonchev–Trinajstić information content (AvgIpc) is 2.86. The van der Waals surface area contributed by atoms with Gasteiger partial charge in [0, 0.05) is 30.3 Å². The lowest BCUT2D eigenvalue weighted by Gasteiger charge is -2.39. The number of amides is 1. The Morgan fingerprint density at radius 3 is 2.56 bits per heavy atom. The molecule has 3 atom stereocenters. The van der Waals surface area contributed by atoms with Gasteiger partial charge in [-0.05, 0) is 51.8 Å². The number of ether oxygens (including phenoxy) is 2. The van der Waals surface area contributed by atoms with Crippen molar-refractivity contribution in [2.24, 2.45) is 0 Å². The van der Waals surface area contributed by atoms with Gasteiger partial charge in [-0.3, -0.25) is 0 Å². The Morgan fingerprint density at radius 2 is 1.89 bits per heavy atom. The summed E-state index contributed by atoms with van der Waals surface area (Å²) >= 11 is 6.17. The number of carbonyl (C=O) groups excluding carboxylic acids is 1. The molecular weight excluding hydrogens is 366 g/mol. The highest BCUT2D eigenvalue weighted by Gasteiger charge is 2.45. The van der Waals surface area contributed by atoms with E-state index < -0.39 is 5.60 Å². The minimum atomic E-state index is -0.476. The van der Waals surface area contributed by atoms with Crippen molar-refractivity contribution in [3.05, 3.63) is 29.7 Å². The van der Waals surface area contributed by atoms with E-state index in [0.29, 0.717) is 5.15 Å². The van der Waals surface area contributed by atoms with Crippen LogP contribution in [-0.4, -0.2) is 44.7 Å². The number of hydrogen-bond acceptors (Lipinski definition) is 5. The van der Waals surface area contributed by atoms with Crippen molar-refractivity contribution in [1.82, 2.24) is 14.9 Å². The summed E-state index contributed by atoms with van der Waals surface area (Å²) < 4.78 is 11.8. The fourth-order valence-electron chi connectivity index (χ4n) is 4.11. The Labute approximate surface area is 163 Å². The summed E-state index contributed by atoms with van der Waals surface area (Å²) in [5.74, 6) is 0.759. The quantitative estimate of drug-likeness (QED) is 0.702.